The molecule has 1 heterocycles. The second-order valence-corrected chi connectivity index (χ2v) is 5.85. The van der Waals surface area contributed by atoms with Gasteiger partial charge in [-0.25, -0.2) is 4.79 Å². The number of nitrogens with one attached hydrogen (secondary N) is 2. The number of carbonyl (C=O) groups excluding carboxylic acids is 2. The van der Waals surface area contributed by atoms with Crippen LogP contribution in [-0.4, -0.2) is 23.1 Å². The van der Waals surface area contributed by atoms with Gasteiger partial charge in [-0.15, -0.1) is 11.3 Å². The van der Waals surface area contributed by atoms with Gasteiger partial charge in [0.2, 0.25) is 5.91 Å². The summed E-state index contributed by atoms with van der Waals surface area (Å²) < 4.78 is 6.68. The van der Waals surface area contributed by atoms with Crippen LogP contribution in [0.1, 0.15) is 30.1 Å². The molecular weight excluding hydrogens is 314 g/mol. The van der Waals surface area contributed by atoms with E-state index in [2.05, 4.69) is 5.32 Å². The van der Waals surface area contributed by atoms with Crippen molar-refractivity contribution in [1.82, 2.24) is 4.57 Å². The smallest absolute Gasteiger partial charge is 0.338 e. The lowest BCUT2D eigenvalue weighted by atomic mass is 10.2. The molecule has 0 unspecified atom stereocenters. The summed E-state index contributed by atoms with van der Waals surface area (Å²) >= 11 is 1.26. The Morgan fingerprint density at radius 3 is 2.65 bits per heavy atom. The van der Waals surface area contributed by atoms with Gasteiger partial charge in [0.15, 0.2) is 4.80 Å². The molecule has 0 aliphatic carbocycles. The largest absolute Gasteiger partial charge is 0.462 e. The van der Waals surface area contributed by atoms with Gasteiger partial charge in [-0.05, 0) is 30.7 Å². The molecule has 122 valence electrons. The average molecular weight is 333 g/mol. The minimum absolute atomic E-state index is 0.0865. The molecule has 0 saturated heterocycles. The van der Waals surface area contributed by atoms with Crippen LogP contribution < -0.4 is 10.1 Å². The fourth-order valence-electron chi connectivity index (χ4n) is 1.87. The molecule has 2 N–H and O–H groups in total. The summed E-state index contributed by atoms with van der Waals surface area (Å²) in [6, 6.07) is 6.57. The third-order valence-corrected chi connectivity index (χ3v) is 3.85. The molecule has 0 aliphatic heterocycles. The van der Waals surface area contributed by atoms with Crippen molar-refractivity contribution in [2.45, 2.75) is 26.3 Å². The molecule has 0 saturated carbocycles. The molecule has 6 nitrogen and oxygen atoms in total. The van der Waals surface area contributed by atoms with Crippen molar-refractivity contribution in [1.29, 1.82) is 5.41 Å². The molecule has 0 fully saturated rings. The van der Waals surface area contributed by atoms with E-state index >= 15 is 0 Å². The Balaban J connectivity index is 1.89. The number of esters is 1. The van der Waals surface area contributed by atoms with Crippen molar-refractivity contribution in [3.8, 4) is 0 Å². The van der Waals surface area contributed by atoms with Crippen LogP contribution in [0, 0.1) is 5.41 Å². The number of amides is 1. The minimum atomic E-state index is -0.357. The van der Waals surface area contributed by atoms with Crippen molar-refractivity contribution in [2.24, 2.45) is 0 Å². The first kappa shape index (κ1) is 17.0. The van der Waals surface area contributed by atoms with Crippen LogP contribution >= 0.6 is 11.3 Å². The summed E-state index contributed by atoms with van der Waals surface area (Å²) in [7, 11) is 0. The molecule has 0 bridgehead atoms. The number of benzene rings is 1. The second-order valence-electron chi connectivity index (χ2n) is 4.95. The summed E-state index contributed by atoms with van der Waals surface area (Å²) in [5.74, 6) is -0.579. The molecule has 2 aromatic rings. The molecule has 1 amide bonds. The Morgan fingerprint density at radius 1 is 1.30 bits per heavy atom. The van der Waals surface area contributed by atoms with E-state index in [0.717, 1.165) is 12.8 Å². The Morgan fingerprint density at radius 2 is 2.04 bits per heavy atom. The normalized spacial score (nSPS) is 10.3. The predicted octanol–water partition coefficient (Wildman–Crippen LogP) is 2.62. The quantitative estimate of drug-likeness (QED) is 0.603. The van der Waals surface area contributed by atoms with Gasteiger partial charge in [0.25, 0.3) is 0 Å². The molecule has 0 radical (unpaired) electrons. The molecule has 1 aromatic carbocycles. The lowest BCUT2D eigenvalue weighted by Gasteiger charge is -2.07. The predicted molar refractivity (Wildman–Crippen MR) is 88.4 cm³/mol. The van der Waals surface area contributed by atoms with Gasteiger partial charge in [-0.2, -0.15) is 0 Å². The zero-order valence-corrected chi connectivity index (χ0v) is 13.7. The van der Waals surface area contributed by atoms with E-state index in [1.807, 2.05) is 6.92 Å². The highest BCUT2D eigenvalue weighted by Crippen LogP contribution is 2.11. The summed E-state index contributed by atoms with van der Waals surface area (Å²) in [5.41, 5.74) is 1.06. The van der Waals surface area contributed by atoms with Crippen molar-refractivity contribution in [3.05, 3.63) is 46.2 Å². The topological polar surface area (TPSA) is 84.2 Å². The Bertz CT molecular complexity index is 719. The number of carbonyl (C=O) groups is 2. The van der Waals surface area contributed by atoms with Crippen molar-refractivity contribution < 1.29 is 14.3 Å². The van der Waals surface area contributed by atoms with E-state index in [0.29, 0.717) is 22.7 Å². The number of anilines is 1. The van der Waals surface area contributed by atoms with Crippen LogP contribution in [0.4, 0.5) is 5.69 Å². The van der Waals surface area contributed by atoms with Gasteiger partial charge < -0.3 is 14.6 Å². The maximum atomic E-state index is 11.9. The minimum Gasteiger partial charge on any atom is -0.462 e. The molecule has 0 spiro atoms. The standard InChI is InChI=1S/C16H19N3O3S/c1-2-3-9-22-15(21)12-4-6-13(7-5-12)18-14(20)11-19-8-10-23-16(19)17/h4-8,10,17H,2-3,9,11H2,1H3,(H,18,20). The van der Waals surface area contributed by atoms with Crippen LogP contribution in [0.15, 0.2) is 35.8 Å². The van der Waals surface area contributed by atoms with Crippen LogP contribution in [0.3, 0.4) is 0 Å². The number of unbranched alkanes of at least 4 members (excludes halogenated alkanes) is 1. The van der Waals surface area contributed by atoms with Crippen LogP contribution in [0.25, 0.3) is 0 Å². The molecule has 7 heteroatoms. The first-order chi connectivity index (χ1) is 11.1. The van der Waals surface area contributed by atoms with Gasteiger partial charge in [0.05, 0.1) is 12.2 Å². The fraction of sp³-hybridized carbons (Fsp3) is 0.312. The van der Waals surface area contributed by atoms with E-state index in [1.54, 1.807) is 40.4 Å². The number of thiazole rings is 1. The lowest BCUT2D eigenvalue weighted by molar-refractivity contribution is -0.116. The molecule has 2 rings (SSSR count). The van der Waals surface area contributed by atoms with Gasteiger partial charge in [0, 0.05) is 17.3 Å². The van der Waals surface area contributed by atoms with Gasteiger partial charge >= 0.3 is 5.97 Å². The Labute approximate surface area is 138 Å². The molecule has 0 aliphatic rings. The molecule has 23 heavy (non-hydrogen) atoms. The summed E-state index contributed by atoms with van der Waals surface area (Å²) in [6.45, 7) is 2.54. The SMILES string of the molecule is CCCCOC(=O)c1ccc(NC(=O)Cn2ccsc2=N)cc1. The van der Waals surface area contributed by atoms with Crippen LogP contribution in [0.2, 0.25) is 0 Å². The number of aromatic nitrogens is 1. The number of ether oxygens (including phenoxy) is 1. The van der Waals surface area contributed by atoms with E-state index in [9.17, 15) is 9.59 Å². The average Bonchev–Trinajstić information content (AvgIpc) is 2.93. The zero-order valence-electron chi connectivity index (χ0n) is 12.9. The fourth-order valence-corrected chi connectivity index (χ4v) is 2.46. The van der Waals surface area contributed by atoms with E-state index in [-0.39, 0.29) is 18.4 Å². The highest BCUT2D eigenvalue weighted by atomic mass is 32.1. The lowest BCUT2D eigenvalue weighted by Crippen LogP contribution is -2.23. The number of nitrogens with zero attached hydrogens (tertiary/aromatic N) is 1. The van der Waals surface area contributed by atoms with Gasteiger partial charge in [-0.1, -0.05) is 13.3 Å². The highest BCUT2D eigenvalue weighted by Gasteiger charge is 2.08. The maximum absolute atomic E-state index is 11.9. The third kappa shape index (κ3) is 5.07. The van der Waals surface area contributed by atoms with Crippen molar-refractivity contribution in [3.63, 3.8) is 0 Å². The van der Waals surface area contributed by atoms with Crippen LogP contribution in [0.5, 0.6) is 0 Å². The highest BCUT2D eigenvalue weighted by molar-refractivity contribution is 7.06. The Hall–Kier alpha value is -2.41. The zero-order chi connectivity index (χ0) is 16.7. The summed E-state index contributed by atoms with van der Waals surface area (Å²) in [6.07, 6.45) is 3.51. The van der Waals surface area contributed by atoms with E-state index in [1.165, 1.54) is 11.3 Å². The third-order valence-electron chi connectivity index (χ3n) is 3.13. The first-order valence-corrected chi connectivity index (χ1v) is 8.23. The Kier molecular flexibility index (Phi) is 6.10. The second kappa shape index (κ2) is 8.28. The molecular formula is C16H19N3O3S. The van der Waals surface area contributed by atoms with Crippen LogP contribution in [-0.2, 0) is 16.1 Å². The molecule has 1 aromatic heterocycles. The van der Waals surface area contributed by atoms with Crippen molar-refractivity contribution in [2.75, 3.05) is 11.9 Å². The molecule has 0 atom stereocenters. The van der Waals surface area contributed by atoms with Gasteiger partial charge in [-0.3, -0.25) is 10.2 Å². The monoisotopic (exact) mass is 333 g/mol. The number of hydrogen-bond acceptors (Lipinski definition) is 5. The van der Waals surface area contributed by atoms with E-state index < -0.39 is 0 Å². The summed E-state index contributed by atoms with van der Waals surface area (Å²) in [5, 5.41) is 12.1. The first-order valence-electron chi connectivity index (χ1n) is 7.35. The van der Waals surface area contributed by atoms with Crippen molar-refractivity contribution >= 4 is 28.9 Å². The summed E-state index contributed by atoms with van der Waals surface area (Å²) in [4.78, 5) is 24.0. The number of rotatable bonds is 7. The van der Waals surface area contributed by atoms with Gasteiger partial charge in [0.1, 0.15) is 6.54 Å². The van der Waals surface area contributed by atoms with E-state index in [4.69, 9.17) is 10.1 Å². The number of hydrogen-bond donors (Lipinski definition) is 2. The maximum Gasteiger partial charge on any atom is 0.338 e.